The zero-order chi connectivity index (χ0) is 18.3. The Labute approximate surface area is 145 Å². The van der Waals surface area contributed by atoms with Gasteiger partial charge in [0, 0.05) is 18.1 Å². The van der Waals surface area contributed by atoms with E-state index in [9.17, 15) is 25.2 Å². The summed E-state index contributed by atoms with van der Waals surface area (Å²) in [6.45, 7) is 5.87. The van der Waals surface area contributed by atoms with Gasteiger partial charge in [0.05, 0.1) is 5.56 Å². The van der Waals surface area contributed by atoms with Crippen molar-refractivity contribution in [2.24, 2.45) is 5.92 Å². The molecule has 2 aromatic rings. The lowest BCUT2D eigenvalue weighted by molar-refractivity contribution is 0.0966. The number of ketones is 1. The molecule has 0 aliphatic heterocycles. The molecule has 0 spiro atoms. The van der Waals surface area contributed by atoms with Crippen molar-refractivity contribution in [1.29, 1.82) is 0 Å². The smallest absolute Gasteiger partial charge is 0.167 e. The molecule has 0 aromatic heterocycles. The maximum atomic E-state index is 12.7. The van der Waals surface area contributed by atoms with Gasteiger partial charge in [0.1, 0.15) is 11.5 Å². The molecule has 0 unspecified atom stereocenters. The highest BCUT2D eigenvalue weighted by molar-refractivity contribution is 5.99. The van der Waals surface area contributed by atoms with Gasteiger partial charge in [-0.25, -0.2) is 0 Å². The Kier molecular flexibility index (Phi) is 4.17. The number of hydrogen-bond donors (Lipinski definition) is 4. The first-order valence-corrected chi connectivity index (χ1v) is 8.04. The van der Waals surface area contributed by atoms with Gasteiger partial charge in [-0.05, 0) is 48.9 Å². The maximum absolute atomic E-state index is 12.7. The van der Waals surface area contributed by atoms with Crippen LogP contribution < -0.4 is 0 Å². The maximum Gasteiger partial charge on any atom is 0.167 e. The van der Waals surface area contributed by atoms with E-state index in [1.807, 2.05) is 6.92 Å². The predicted octanol–water partition coefficient (Wildman–Crippen LogP) is 3.61. The minimum atomic E-state index is -0.261. The standard InChI is InChI=1S/C20H20O5/c1-10(2)14-8-16-12(5-6-17(22)20(16)25)15(14)9-19(24)13-4-3-11(21)7-18(13)23/h3-7,14-15,21-23,25H,1,8-9H2,2H3/t14-,15+/m0/s1. The van der Waals surface area contributed by atoms with E-state index in [4.69, 9.17) is 0 Å². The average molecular weight is 340 g/mol. The van der Waals surface area contributed by atoms with Gasteiger partial charge in [-0.1, -0.05) is 18.2 Å². The Bertz CT molecular complexity index is 869. The molecule has 0 saturated carbocycles. The number of phenolic OH excluding ortho intramolecular Hbond substituents is 4. The van der Waals surface area contributed by atoms with Crippen molar-refractivity contribution in [1.82, 2.24) is 0 Å². The highest BCUT2D eigenvalue weighted by atomic mass is 16.3. The van der Waals surface area contributed by atoms with Crippen molar-refractivity contribution in [2.45, 2.75) is 25.7 Å². The minimum Gasteiger partial charge on any atom is -0.508 e. The lowest BCUT2D eigenvalue weighted by Crippen LogP contribution is -2.14. The Balaban J connectivity index is 1.96. The second kappa shape index (κ2) is 6.16. The number of aromatic hydroxyl groups is 4. The van der Waals surface area contributed by atoms with Gasteiger partial charge >= 0.3 is 0 Å². The fourth-order valence-electron chi connectivity index (χ4n) is 3.62. The van der Waals surface area contributed by atoms with Crippen LogP contribution in [0.15, 0.2) is 42.5 Å². The van der Waals surface area contributed by atoms with Gasteiger partial charge in [-0.2, -0.15) is 0 Å². The lowest BCUT2D eigenvalue weighted by atomic mass is 9.83. The third kappa shape index (κ3) is 2.93. The number of benzene rings is 2. The highest BCUT2D eigenvalue weighted by Crippen LogP contribution is 2.49. The van der Waals surface area contributed by atoms with Crippen molar-refractivity contribution >= 4 is 5.78 Å². The normalized spacial score (nSPS) is 18.8. The number of fused-ring (bicyclic) bond motifs is 1. The van der Waals surface area contributed by atoms with E-state index in [1.54, 1.807) is 6.07 Å². The van der Waals surface area contributed by atoms with E-state index in [0.717, 1.165) is 17.2 Å². The number of phenols is 4. The van der Waals surface area contributed by atoms with Crippen LogP contribution in [0.4, 0.5) is 0 Å². The molecular formula is C20H20O5. The van der Waals surface area contributed by atoms with Crippen molar-refractivity contribution in [3.63, 3.8) is 0 Å². The Morgan fingerprint density at radius 2 is 1.84 bits per heavy atom. The third-order valence-corrected chi connectivity index (χ3v) is 4.93. The molecule has 3 rings (SSSR count). The van der Waals surface area contributed by atoms with Crippen LogP contribution in [0.5, 0.6) is 23.0 Å². The molecule has 4 N–H and O–H groups in total. The summed E-state index contributed by atoms with van der Waals surface area (Å²) in [6.07, 6.45) is 0.636. The molecule has 25 heavy (non-hydrogen) atoms. The first kappa shape index (κ1) is 16.9. The van der Waals surface area contributed by atoms with Gasteiger partial charge in [-0.15, -0.1) is 0 Å². The molecule has 0 amide bonds. The van der Waals surface area contributed by atoms with Gasteiger partial charge in [-0.3, -0.25) is 4.79 Å². The van der Waals surface area contributed by atoms with Crippen LogP contribution in [0.25, 0.3) is 0 Å². The molecule has 130 valence electrons. The number of Topliss-reactive ketones (excluding diaryl/α,β-unsaturated/α-hetero) is 1. The number of allylic oxidation sites excluding steroid dienone is 1. The summed E-state index contributed by atoms with van der Waals surface area (Å²) in [7, 11) is 0. The van der Waals surface area contributed by atoms with Crippen molar-refractivity contribution < 1.29 is 25.2 Å². The van der Waals surface area contributed by atoms with Crippen LogP contribution in [0, 0.1) is 5.92 Å². The lowest BCUT2D eigenvalue weighted by Gasteiger charge is -2.20. The van der Waals surface area contributed by atoms with Crippen LogP contribution in [0.1, 0.15) is 40.7 Å². The van der Waals surface area contributed by atoms with Gasteiger partial charge in [0.25, 0.3) is 0 Å². The Hall–Kier alpha value is -2.95. The minimum absolute atomic E-state index is 0.0362. The number of carbonyl (C=O) groups is 1. The molecule has 0 fully saturated rings. The molecule has 0 radical (unpaired) electrons. The summed E-state index contributed by atoms with van der Waals surface area (Å²) in [4.78, 5) is 12.7. The van der Waals surface area contributed by atoms with Crippen LogP contribution in [-0.4, -0.2) is 26.2 Å². The number of hydrogen-bond acceptors (Lipinski definition) is 5. The zero-order valence-electron chi connectivity index (χ0n) is 13.9. The third-order valence-electron chi connectivity index (χ3n) is 4.93. The van der Waals surface area contributed by atoms with Gasteiger partial charge in [0.15, 0.2) is 17.3 Å². The monoisotopic (exact) mass is 340 g/mol. The zero-order valence-corrected chi connectivity index (χ0v) is 13.9. The first-order chi connectivity index (χ1) is 11.8. The Morgan fingerprint density at radius 1 is 1.12 bits per heavy atom. The second-order valence-electron chi connectivity index (χ2n) is 6.59. The second-order valence-corrected chi connectivity index (χ2v) is 6.59. The molecule has 0 heterocycles. The number of carbonyl (C=O) groups excluding carboxylic acids is 1. The molecular weight excluding hydrogens is 320 g/mol. The quantitative estimate of drug-likeness (QED) is 0.387. The molecule has 5 nitrogen and oxygen atoms in total. The molecule has 2 atom stereocenters. The van der Waals surface area contributed by atoms with E-state index in [2.05, 4.69) is 6.58 Å². The summed E-state index contributed by atoms with van der Waals surface area (Å²) >= 11 is 0. The van der Waals surface area contributed by atoms with Crippen LogP contribution in [-0.2, 0) is 6.42 Å². The summed E-state index contributed by atoms with van der Waals surface area (Å²) in [6, 6.07) is 7.03. The summed E-state index contributed by atoms with van der Waals surface area (Å²) in [5.74, 6) is -1.18. The first-order valence-electron chi connectivity index (χ1n) is 8.04. The number of rotatable bonds is 4. The van der Waals surface area contributed by atoms with E-state index in [1.165, 1.54) is 18.2 Å². The molecule has 1 aliphatic rings. The predicted molar refractivity (Wildman–Crippen MR) is 93.2 cm³/mol. The molecule has 1 aliphatic carbocycles. The van der Waals surface area contributed by atoms with Crippen LogP contribution in [0.2, 0.25) is 0 Å². The largest absolute Gasteiger partial charge is 0.508 e. The summed E-state index contributed by atoms with van der Waals surface area (Å²) < 4.78 is 0. The van der Waals surface area contributed by atoms with E-state index in [-0.39, 0.29) is 52.6 Å². The average Bonchev–Trinajstić information content (AvgIpc) is 2.90. The van der Waals surface area contributed by atoms with Crippen molar-refractivity contribution in [2.75, 3.05) is 0 Å². The fraction of sp³-hybridized carbons (Fsp3) is 0.250. The topological polar surface area (TPSA) is 98.0 Å². The van der Waals surface area contributed by atoms with Gasteiger partial charge in [0.2, 0.25) is 0 Å². The van der Waals surface area contributed by atoms with Gasteiger partial charge < -0.3 is 20.4 Å². The Morgan fingerprint density at radius 3 is 2.48 bits per heavy atom. The van der Waals surface area contributed by atoms with E-state index >= 15 is 0 Å². The van der Waals surface area contributed by atoms with Crippen molar-refractivity contribution in [3.8, 4) is 23.0 Å². The van der Waals surface area contributed by atoms with E-state index < -0.39 is 0 Å². The van der Waals surface area contributed by atoms with Crippen LogP contribution >= 0.6 is 0 Å². The van der Waals surface area contributed by atoms with Crippen molar-refractivity contribution in [3.05, 3.63) is 59.2 Å². The SMILES string of the molecule is C=C(C)[C@@H]1Cc2c(ccc(O)c2O)[C@H]1CC(=O)c1ccc(O)cc1O. The highest BCUT2D eigenvalue weighted by Gasteiger charge is 2.37. The fourth-order valence-corrected chi connectivity index (χ4v) is 3.62. The van der Waals surface area contributed by atoms with E-state index in [0.29, 0.717) is 12.0 Å². The summed E-state index contributed by atoms with van der Waals surface area (Å²) in [5.41, 5.74) is 2.49. The molecule has 0 bridgehead atoms. The molecule has 0 saturated heterocycles. The molecule has 5 heteroatoms. The van der Waals surface area contributed by atoms with Crippen LogP contribution in [0.3, 0.4) is 0 Å². The summed E-state index contributed by atoms with van der Waals surface area (Å²) in [5, 5.41) is 39.1. The molecule has 2 aromatic carbocycles.